The van der Waals surface area contributed by atoms with Crippen molar-refractivity contribution in [2.45, 2.75) is 13.3 Å². The number of nitrogens with zero attached hydrogens (tertiary/aromatic N) is 1. The molecule has 0 fully saturated rings. The second-order valence-corrected chi connectivity index (χ2v) is 4.40. The number of aliphatic hydroxyl groups excluding tert-OH is 2. The first kappa shape index (κ1) is 15.6. The van der Waals surface area contributed by atoms with Crippen molar-refractivity contribution in [3.63, 3.8) is 0 Å². The Morgan fingerprint density at radius 3 is 2.37 bits per heavy atom. The van der Waals surface area contributed by atoms with Gasteiger partial charge in [0.2, 0.25) is 5.91 Å². The number of para-hydroxylation sites is 1. The van der Waals surface area contributed by atoms with E-state index in [1.165, 1.54) is 0 Å². The minimum atomic E-state index is -0.0600. The molecule has 0 aliphatic rings. The summed E-state index contributed by atoms with van der Waals surface area (Å²) in [4.78, 5) is 13.7. The highest BCUT2D eigenvalue weighted by atomic mass is 16.3. The minimum absolute atomic E-state index is 0.0272. The van der Waals surface area contributed by atoms with Crippen LogP contribution in [0.2, 0.25) is 0 Å². The van der Waals surface area contributed by atoms with Gasteiger partial charge in [-0.3, -0.25) is 9.69 Å². The summed E-state index contributed by atoms with van der Waals surface area (Å²) in [6.07, 6.45) is 0.342. The SMILES string of the molecule is Cc1ccccc1NC(=O)CCN(CCO)CCO. The number of aliphatic hydroxyl groups is 2. The molecule has 1 aromatic rings. The van der Waals surface area contributed by atoms with Crippen molar-refractivity contribution in [3.8, 4) is 0 Å². The Morgan fingerprint density at radius 1 is 1.16 bits per heavy atom. The molecule has 1 aromatic carbocycles. The van der Waals surface area contributed by atoms with E-state index in [1.807, 2.05) is 36.1 Å². The van der Waals surface area contributed by atoms with Gasteiger partial charge >= 0.3 is 0 Å². The Hall–Kier alpha value is -1.43. The highest BCUT2D eigenvalue weighted by Crippen LogP contribution is 2.13. The lowest BCUT2D eigenvalue weighted by molar-refractivity contribution is -0.116. The summed E-state index contributed by atoms with van der Waals surface area (Å²) in [6.45, 7) is 3.47. The van der Waals surface area contributed by atoms with E-state index >= 15 is 0 Å². The zero-order chi connectivity index (χ0) is 14.1. The topological polar surface area (TPSA) is 72.8 Å². The maximum absolute atomic E-state index is 11.8. The number of rotatable bonds is 8. The van der Waals surface area contributed by atoms with Crippen LogP contribution in [0.5, 0.6) is 0 Å². The van der Waals surface area contributed by atoms with Crippen molar-refractivity contribution >= 4 is 11.6 Å². The average Bonchev–Trinajstić information content (AvgIpc) is 2.39. The molecule has 5 nitrogen and oxygen atoms in total. The summed E-state index contributed by atoms with van der Waals surface area (Å²) in [5.74, 6) is -0.0600. The molecule has 106 valence electrons. The molecular formula is C14H22N2O3. The first-order chi connectivity index (χ1) is 9.17. The van der Waals surface area contributed by atoms with Gasteiger partial charge in [-0.25, -0.2) is 0 Å². The number of aryl methyl sites for hydroxylation is 1. The van der Waals surface area contributed by atoms with Crippen LogP contribution in [0.3, 0.4) is 0 Å². The van der Waals surface area contributed by atoms with Crippen LogP contribution in [-0.4, -0.2) is 53.9 Å². The molecule has 19 heavy (non-hydrogen) atoms. The van der Waals surface area contributed by atoms with E-state index in [9.17, 15) is 4.79 Å². The lowest BCUT2D eigenvalue weighted by Gasteiger charge is -2.19. The summed E-state index contributed by atoms with van der Waals surface area (Å²) in [5, 5.41) is 20.6. The fourth-order valence-corrected chi connectivity index (χ4v) is 1.80. The van der Waals surface area contributed by atoms with Gasteiger partial charge in [-0.2, -0.15) is 0 Å². The van der Waals surface area contributed by atoms with Crippen molar-refractivity contribution in [1.29, 1.82) is 0 Å². The van der Waals surface area contributed by atoms with Crippen molar-refractivity contribution in [1.82, 2.24) is 4.90 Å². The lowest BCUT2D eigenvalue weighted by atomic mass is 10.2. The molecule has 0 aliphatic carbocycles. The second-order valence-electron chi connectivity index (χ2n) is 4.40. The van der Waals surface area contributed by atoms with Gasteiger partial charge in [-0.05, 0) is 18.6 Å². The van der Waals surface area contributed by atoms with Crippen LogP contribution >= 0.6 is 0 Å². The van der Waals surface area contributed by atoms with E-state index in [1.54, 1.807) is 0 Å². The molecule has 0 unspecified atom stereocenters. The van der Waals surface area contributed by atoms with Gasteiger partial charge in [0.1, 0.15) is 0 Å². The molecular weight excluding hydrogens is 244 g/mol. The quantitative estimate of drug-likeness (QED) is 0.644. The Bertz CT molecular complexity index is 390. The summed E-state index contributed by atoms with van der Waals surface area (Å²) in [5.41, 5.74) is 1.85. The van der Waals surface area contributed by atoms with Gasteiger partial charge in [0, 0.05) is 31.7 Å². The first-order valence-corrected chi connectivity index (χ1v) is 6.47. The summed E-state index contributed by atoms with van der Waals surface area (Å²) >= 11 is 0. The van der Waals surface area contributed by atoms with Gasteiger partial charge in [0.15, 0.2) is 0 Å². The predicted octanol–water partition coefficient (Wildman–Crippen LogP) is 0.610. The lowest BCUT2D eigenvalue weighted by Crippen LogP contribution is -2.32. The monoisotopic (exact) mass is 266 g/mol. The molecule has 0 heterocycles. The normalized spacial score (nSPS) is 10.7. The van der Waals surface area contributed by atoms with Gasteiger partial charge < -0.3 is 15.5 Å². The first-order valence-electron chi connectivity index (χ1n) is 6.47. The number of benzene rings is 1. The van der Waals surface area contributed by atoms with E-state index < -0.39 is 0 Å². The standard InChI is InChI=1S/C14H22N2O3/c1-12-4-2-3-5-13(12)15-14(19)6-7-16(8-10-17)9-11-18/h2-5,17-18H,6-11H2,1H3,(H,15,19). The van der Waals surface area contributed by atoms with Crippen LogP contribution in [-0.2, 0) is 4.79 Å². The molecule has 0 spiro atoms. The number of hydrogen-bond donors (Lipinski definition) is 3. The van der Waals surface area contributed by atoms with Gasteiger partial charge in [-0.1, -0.05) is 18.2 Å². The molecule has 0 radical (unpaired) electrons. The van der Waals surface area contributed by atoms with E-state index in [0.29, 0.717) is 26.1 Å². The largest absolute Gasteiger partial charge is 0.395 e. The highest BCUT2D eigenvalue weighted by molar-refractivity contribution is 5.91. The Kier molecular flexibility index (Phi) is 7.10. The zero-order valence-corrected chi connectivity index (χ0v) is 11.3. The fourth-order valence-electron chi connectivity index (χ4n) is 1.80. The number of amides is 1. The van der Waals surface area contributed by atoms with Crippen LogP contribution in [0.25, 0.3) is 0 Å². The Balaban J connectivity index is 2.40. The van der Waals surface area contributed by atoms with Crippen LogP contribution in [0.15, 0.2) is 24.3 Å². The van der Waals surface area contributed by atoms with Crippen molar-refractivity contribution in [2.75, 3.05) is 38.2 Å². The number of nitrogens with one attached hydrogen (secondary N) is 1. The summed E-state index contributed by atoms with van der Waals surface area (Å²) in [7, 11) is 0. The van der Waals surface area contributed by atoms with Crippen LogP contribution in [0.1, 0.15) is 12.0 Å². The highest BCUT2D eigenvalue weighted by Gasteiger charge is 2.08. The number of hydrogen-bond acceptors (Lipinski definition) is 4. The van der Waals surface area contributed by atoms with E-state index in [-0.39, 0.29) is 19.1 Å². The molecule has 0 saturated carbocycles. The van der Waals surface area contributed by atoms with E-state index in [0.717, 1.165) is 11.3 Å². The van der Waals surface area contributed by atoms with Gasteiger partial charge in [0.05, 0.1) is 13.2 Å². The molecule has 0 saturated heterocycles. The number of carbonyl (C=O) groups is 1. The third-order valence-corrected chi connectivity index (χ3v) is 2.91. The van der Waals surface area contributed by atoms with E-state index in [4.69, 9.17) is 10.2 Å². The molecule has 5 heteroatoms. The van der Waals surface area contributed by atoms with Crippen LogP contribution in [0, 0.1) is 6.92 Å². The Labute approximate surface area is 113 Å². The zero-order valence-electron chi connectivity index (χ0n) is 11.3. The van der Waals surface area contributed by atoms with E-state index in [2.05, 4.69) is 5.32 Å². The third kappa shape index (κ3) is 5.83. The van der Waals surface area contributed by atoms with Crippen molar-refractivity contribution in [2.24, 2.45) is 0 Å². The predicted molar refractivity (Wildman–Crippen MR) is 75.0 cm³/mol. The molecule has 0 bridgehead atoms. The summed E-state index contributed by atoms with van der Waals surface area (Å²) in [6, 6.07) is 7.62. The second kappa shape index (κ2) is 8.63. The average molecular weight is 266 g/mol. The summed E-state index contributed by atoms with van der Waals surface area (Å²) < 4.78 is 0. The smallest absolute Gasteiger partial charge is 0.225 e. The molecule has 0 atom stereocenters. The molecule has 1 amide bonds. The van der Waals surface area contributed by atoms with Crippen LogP contribution in [0.4, 0.5) is 5.69 Å². The number of carbonyl (C=O) groups excluding carboxylic acids is 1. The maximum atomic E-state index is 11.8. The van der Waals surface area contributed by atoms with Gasteiger partial charge in [-0.15, -0.1) is 0 Å². The fraction of sp³-hybridized carbons (Fsp3) is 0.500. The molecule has 0 aromatic heterocycles. The van der Waals surface area contributed by atoms with Crippen molar-refractivity contribution in [3.05, 3.63) is 29.8 Å². The molecule has 1 rings (SSSR count). The molecule has 3 N–H and O–H groups in total. The van der Waals surface area contributed by atoms with Crippen LogP contribution < -0.4 is 5.32 Å². The number of anilines is 1. The Morgan fingerprint density at radius 2 is 1.79 bits per heavy atom. The molecule has 0 aliphatic heterocycles. The maximum Gasteiger partial charge on any atom is 0.225 e. The third-order valence-electron chi connectivity index (χ3n) is 2.91. The van der Waals surface area contributed by atoms with Gasteiger partial charge in [0.25, 0.3) is 0 Å². The van der Waals surface area contributed by atoms with Crippen molar-refractivity contribution < 1.29 is 15.0 Å². The minimum Gasteiger partial charge on any atom is -0.395 e.